The predicted octanol–water partition coefficient (Wildman–Crippen LogP) is 2.05. The third-order valence-electron chi connectivity index (χ3n) is 4.13. The number of rotatable bonds is 3. The van der Waals surface area contributed by atoms with Gasteiger partial charge in [0, 0.05) is 17.4 Å². The summed E-state index contributed by atoms with van der Waals surface area (Å²) in [5, 5.41) is 3.21. The van der Waals surface area contributed by atoms with Crippen molar-refractivity contribution in [1.29, 1.82) is 0 Å². The van der Waals surface area contributed by atoms with Gasteiger partial charge in [0.2, 0.25) is 11.7 Å². The largest absolute Gasteiger partial charge is 0.491 e. The van der Waals surface area contributed by atoms with Crippen LogP contribution in [0.3, 0.4) is 0 Å². The summed E-state index contributed by atoms with van der Waals surface area (Å²) < 4.78 is 85.0. The molecule has 3 rings (SSSR count). The van der Waals surface area contributed by atoms with E-state index in [1.165, 1.54) is 11.0 Å². The van der Waals surface area contributed by atoms with Gasteiger partial charge in [0.05, 0.1) is 12.6 Å². The molecule has 13 heteroatoms. The maximum atomic E-state index is 14.7. The van der Waals surface area contributed by atoms with Crippen molar-refractivity contribution in [3.05, 3.63) is 29.4 Å². The van der Waals surface area contributed by atoms with Crippen LogP contribution in [-0.2, 0) is 27.4 Å². The van der Waals surface area contributed by atoms with Crippen LogP contribution in [0.15, 0.2) is 16.7 Å². The minimum atomic E-state index is -4.85. The Bertz CT molecular complexity index is 1050. The van der Waals surface area contributed by atoms with Crippen molar-refractivity contribution in [3.8, 4) is 17.1 Å². The highest BCUT2D eigenvalue weighted by Crippen LogP contribution is 2.34. The Hall–Kier alpha value is -2.70. The summed E-state index contributed by atoms with van der Waals surface area (Å²) in [5.41, 5.74) is -0.149. The Kier molecular flexibility index (Phi) is 5.28. The third-order valence-corrected chi connectivity index (χ3v) is 4.90. The fourth-order valence-electron chi connectivity index (χ4n) is 2.75. The molecule has 158 valence electrons. The van der Waals surface area contributed by atoms with E-state index in [0.29, 0.717) is 0 Å². The molecule has 0 N–H and O–H groups in total. The summed E-state index contributed by atoms with van der Waals surface area (Å²) in [4.78, 5) is 16.7. The van der Waals surface area contributed by atoms with E-state index in [9.17, 15) is 30.8 Å². The first-order valence-electron chi connectivity index (χ1n) is 8.19. The number of benzene rings is 1. The zero-order chi connectivity index (χ0) is 21.6. The van der Waals surface area contributed by atoms with Crippen LogP contribution in [0.25, 0.3) is 11.4 Å². The van der Waals surface area contributed by atoms with Crippen LogP contribution in [0.5, 0.6) is 5.75 Å². The minimum Gasteiger partial charge on any atom is -0.491 e. The fourth-order valence-corrected chi connectivity index (χ4v) is 3.36. The summed E-state index contributed by atoms with van der Waals surface area (Å²) in [6.45, 7) is 1.25. The van der Waals surface area contributed by atoms with Crippen LogP contribution in [0, 0.1) is 5.82 Å². The summed E-state index contributed by atoms with van der Waals surface area (Å²) >= 11 is 0. The molecule has 2 heterocycles. The molecular formula is C16H15F4N3O5S. The van der Waals surface area contributed by atoms with Crippen LogP contribution in [0.1, 0.15) is 18.4 Å². The maximum absolute atomic E-state index is 14.7. The number of carbonyl (C=O) groups is 1. The Morgan fingerprint density at radius 3 is 2.62 bits per heavy atom. The highest BCUT2D eigenvalue weighted by molar-refractivity contribution is 7.91. The van der Waals surface area contributed by atoms with Gasteiger partial charge in [0.1, 0.15) is 23.9 Å². The predicted molar refractivity (Wildman–Crippen MR) is 89.9 cm³/mol. The number of ether oxygens (including phenoxy) is 1. The number of amides is 1. The molecule has 0 unspecified atom stereocenters. The number of nitrogens with zero attached hydrogens (tertiary/aromatic N) is 3. The number of sulfone groups is 1. The first kappa shape index (κ1) is 21.0. The maximum Gasteiger partial charge on any atom is 0.471 e. The van der Waals surface area contributed by atoms with Crippen molar-refractivity contribution < 1.29 is 40.0 Å². The molecule has 1 aliphatic rings. The second-order valence-corrected chi connectivity index (χ2v) is 8.75. The molecule has 0 saturated heterocycles. The molecule has 0 spiro atoms. The molecule has 0 radical (unpaired) electrons. The number of carbonyl (C=O) groups excluding carboxylic acids is 1. The Balaban J connectivity index is 1.94. The lowest BCUT2D eigenvalue weighted by atomic mass is 10.1. The van der Waals surface area contributed by atoms with Crippen LogP contribution in [0.4, 0.5) is 17.6 Å². The molecule has 29 heavy (non-hydrogen) atoms. The molecule has 1 aliphatic heterocycles. The van der Waals surface area contributed by atoms with E-state index < -0.39 is 51.2 Å². The number of aromatic nitrogens is 2. The number of halogens is 4. The summed E-state index contributed by atoms with van der Waals surface area (Å²) in [6.07, 6.45) is -3.94. The van der Waals surface area contributed by atoms with Crippen molar-refractivity contribution in [2.24, 2.45) is 0 Å². The molecule has 8 nitrogen and oxygen atoms in total. The number of hydrogen-bond donors (Lipinski definition) is 0. The van der Waals surface area contributed by atoms with E-state index in [1.54, 1.807) is 6.92 Å². The summed E-state index contributed by atoms with van der Waals surface area (Å²) in [7, 11) is -3.59. The van der Waals surface area contributed by atoms with Crippen molar-refractivity contribution in [2.75, 3.05) is 18.6 Å². The summed E-state index contributed by atoms with van der Waals surface area (Å²) in [6, 6.07) is 1.56. The van der Waals surface area contributed by atoms with E-state index in [4.69, 9.17) is 4.74 Å². The Morgan fingerprint density at radius 1 is 1.34 bits per heavy atom. The van der Waals surface area contributed by atoms with Gasteiger partial charge >= 0.3 is 12.1 Å². The SMILES string of the molecule is C[C@H]1COc2cc(-c3noc(C(F)(F)F)n3)cc(F)c2CN1C(=O)CS(C)(=O)=O. The second kappa shape index (κ2) is 7.28. The van der Waals surface area contributed by atoms with Gasteiger partial charge in [-0.1, -0.05) is 5.16 Å². The molecule has 0 fully saturated rings. The quantitative estimate of drug-likeness (QED) is 0.677. The van der Waals surface area contributed by atoms with Gasteiger partial charge in [-0.25, -0.2) is 12.8 Å². The lowest BCUT2D eigenvalue weighted by molar-refractivity contribution is -0.159. The van der Waals surface area contributed by atoms with E-state index in [0.717, 1.165) is 12.3 Å². The molecule has 2 aromatic rings. The third kappa shape index (κ3) is 4.66. The fraction of sp³-hybridized carbons (Fsp3) is 0.438. The van der Waals surface area contributed by atoms with Crippen LogP contribution in [0.2, 0.25) is 0 Å². The van der Waals surface area contributed by atoms with Gasteiger partial charge in [-0.15, -0.1) is 0 Å². The molecular weight excluding hydrogens is 422 g/mol. The first-order valence-corrected chi connectivity index (χ1v) is 10.2. The van der Waals surface area contributed by atoms with Gasteiger partial charge in [-0.3, -0.25) is 4.79 Å². The van der Waals surface area contributed by atoms with Gasteiger partial charge in [0.25, 0.3) is 0 Å². The average Bonchev–Trinajstić information content (AvgIpc) is 3.01. The second-order valence-electron chi connectivity index (χ2n) is 6.61. The van der Waals surface area contributed by atoms with Crippen LogP contribution < -0.4 is 4.74 Å². The molecule has 0 bridgehead atoms. The van der Waals surface area contributed by atoms with E-state index in [-0.39, 0.29) is 30.0 Å². The van der Waals surface area contributed by atoms with Crippen LogP contribution in [-0.4, -0.2) is 54.0 Å². The molecule has 1 atom stereocenters. The molecule has 1 aromatic heterocycles. The average molecular weight is 437 g/mol. The number of fused-ring (bicyclic) bond motifs is 1. The molecule has 0 aliphatic carbocycles. The highest BCUT2D eigenvalue weighted by atomic mass is 32.2. The smallest absolute Gasteiger partial charge is 0.471 e. The minimum absolute atomic E-state index is 0.0140. The molecule has 1 amide bonds. The number of alkyl halides is 3. The van der Waals surface area contributed by atoms with E-state index in [1.807, 2.05) is 0 Å². The standard InChI is InChI=1S/C16H15F4N3O5S/c1-8-6-27-12-4-9(14-21-15(28-22-14)16(18,19)20)3-11(17)10(12)5-23(8)13(24)7-29(2,25)26/h3-4,8H,5-7H2,1-2H3/t8-/m0/s1. The normalized spacial score (nSPS) is 17.4. The van der Waals surface area contributed by atoms with Gasteiger partial charge in [-0.2, -0.15) is 18.2 Å². The first-order chi connectivity index (χ1) is 13.3. The zero-order valence-corrected chi connectivity index (χ0v) is 16.0. The zero-order valence-electron chi connectivity index (χ0n) is 15.2. The lowest BCUT2D eigenvalue weighted by Crippen LogP contribution is -2.42. The Morgan fingerprint density at radius 2 is 2.03 bits per heavy atom. The summed E-state index contributed by atoms with van der Waals surface area (Å²) in [5.74, 6) is -4.40. The molecule has 1 aromatic carbocycles. The van der Waals surface area contributed by atoms with Crippen molar-refractivity contribution in [2.45, 2.75) is 25.7 Å². The highest BCUT2D eigenvalue weighted by Gasteiger charge is 2.39. The molecule has 0 saturated carbocycles. The Labute approximate surface area is 162 Å². The topological polar surface area (TPSA) is 103 Å². The van der Waals surface area contributed by atoms with Gasteiger partial charge < -0.3 is 14.2 Å². The van der Waals surface area contributed by atoms with Gasteiger partial charge in [0.15, 0.2) is 9.84 Å². The monoisotopic (exact) mass is 437 g/mol. The lowest BCUT2D eigenvalue weighted by Gasteiger charge is -2.26. The van der Waals surface area contributed by atoms with Crippen molar-refractivity contribution in [3.63, 3.8) is 0 Å². The van der Waals surface area contributed by atoms with E-state index >= 15 is 0 Å². The van der Waals surface area contributed by atoms with Gasteiger partial charge in [-0.05, 0) is 19.1 Å². The van der Waals surface area contributed by atoms with Crippen molar-refractivity contribution in [1.82, 2.24) is 15.0 Å². The number of hydrogen-bond acceptors (Lipinski definition) is 7. The van der Waals surface area contributed by atoms with Crippen LogP contribution >= 0.6 is 0 Å². The van der Waals surface area contributed by atoms with Crippen molar-refractivity contribution >= 4 is 15.7 Å². The van der Waals surface area contributed by atoms with E-state index in [2.05, 4.69) is 14.7 Å².